The number of H-pyrrole nitrogens is 2. The lowest BCUT2D eigenvalue weighted by atomic mass is 10.1. The number of fused-ring (bicyclic) bond motifs is 1. The molecule has 168 valence electrons. The number of hydrogen-bond donors (Lipinski definition) is 4. The number of rotatable bonds is 6. The van der Waals surface area contributed by atoms with Crippen LogP contribution in [0.4, 0.5) is 0 Å². The van der Waals surface area contributed by atoms with Gasteiger partial charge in [0.05, 0.1) is 11.1 Å². The summed E-state index contributed by atoms with van der Waals surface area (Å²) in [6.07, 6.45) is 1.04. The third kappa shape index (κ3) is 4.27. The third-order valence-corrected chi connectivity index (χ3v) is 6.08. The molecule has 1 aliphatic rings. The lowest BCUT2D eigenvalue weighted by Gasteiger charge is -2.12. The fourth-order valence-electron chi connectivity index (χ4n) is 4.38. The number of para-hydroxylation sites is 2. The van der Waals surface area contributed by atoms with Gasteiger partial charge in [-0.25, -0.2) is 0 Å². The van der Waals surface area contributed by atoms with E-state index in [0.29, 0.717) is 29.0 Å². The van der Waals surface area contributed by atoms with Gasteiger partial charge in [-0.1, -0.05) is 30.3 Å². The average Bonchev–Trinajstić information content (AvgIpc) is 3.46. The SMILES string of the molecule is Cc1[nH]c(-c2ccccc2Oc2ccccc2)c2cc(C(=O)NCC3CCNC3)[nH]c(=O)c12. The molecule has 4 N–H and O–H groups in total. The molecule has 0 saturated carbocycles. The largest absolute Gasteiger partial charge is 0.457 e. The van der Waals surface area contributed by atoms with Crippen molar-refractivity contribution in [1.29, 1.82) is 0 Å². The van der Waals surface area contributed by atoms with Gasteiger partial charge in [0.2, 0.25) is 0 Å². The first-order chi connectivity index (χ1) is 16.1. The first-order valence-corrected chi connectivity index (χ1v) is 11.2. The van der Waals surface area contributed by atoms with Crippen molar-refractivity contribution in [3.8, 4) is 22.8 Å². The van der Waals surface area contributed by atoms with Crippen LogP contribution in [-0.4, -0.2) is 35.5 Å². The molecule has 1 atom stereocenters. The van der Waals surface area contributed by atoms with Crippen LogP contribution >= 0.6 is 0 Å². The number of aryl methyl sites for hydroxylation is 1. The summed E-state index contributed by atoms with van der Waals surface area (Å²) in [5.74, 6) is 1.51. The molecule has 0 aliphatic carbocycles. The van der Waals surface area contributed by atoms with Crippen molar-refractivity contribution in [3.63, 3.8) is 0 Å². The van der Waals surface area contributed by atoms with E-state index in [1.165, 1.54) is 0 Å². The van der Waals surface area contributed by atoms with Gasteiger partial charge >= 0.3 is 0 Å². The van der Waals surface area contributed by atoms with Crippen molar-refractivity contribution in [2.75, 3.05) is 19.6 Å². The molecule has 5 rings (SSSR count). The molecule has 7 nitrogen and oxygen atoms in total. The van der Waals surface area contributed by atoms with Gasteiger partial charge < -0.3 is 25.3 Å². The monoisotopic (exact) mass is 442 g/mol. The highest BCUT2D eigenvalue weighted by molar-refractivity contribution is 6.02. The molecular formula is C26H26N4O3. The standard InChI is InChI=1S/C26H26N4O3/c1-16-23-20(13-21(30-26(23)32)25(31)28-15-17-11-12-27-14-17)24(29-16)19-9-5-6-10-22(19)33-18-7-3-2-4-8-18/h2-10,13,17,27,29H,11-12,14-15H2,1H3,(H,28,31)(H,30,32). The summed E-state index contributed by atoms with van der Waals surface area (Å²) >= 11 is 0. The van der Waals surface area contributed by atoms with Crippen LogP contribution < -0.4 is 20.9 Å². The van der Waals surface area contributed by atoms with Crippen LogP contribution in [0.2, 0.25) is 0 Å². The van der Waals surface area contributed by atoms with Crippen LogP contribution in [-0.2, 0) is 0 Å². The maximum atomic E-state index is 12.9. The number of aromatic nitrogens is 2. The molecule has 7 heteroatoms. The summed E-state index contributed by atoms with van der Waals surface area (Å²) in [7, 11) is 0. The van der Waals surface area contributed by atoms with Gasteiger partial charge in [-0.05, 0) is 62.7 Å². The van der Waals surface area contributed by atoms with E-state index < -0.39 is 0 Å². The van der Waals surface area contributed by atoms with Crippen molar-refractivity contribution in [2.24, 2.45) is 5.92 Å². The predicted octanol–water partition coefficient (Wildman–Crippen LogP) is 3.96. The molecule has 1 aliphatic heterocycles. The van der Waals surface area contributed by atoms with E-state index in [2.05, 4.69) is 20.6 Å². The van der Waals surface area contributed by atoms with Gasteiger partial charge in [0.25, 0.3) is 11.5 Å². The number of benzene rings is 2. The van der Waals surface area contributed by atoms with Crippen LogP contribution in [0.15, 0.2) is 65.5 Å². The molecule has 33 heavy (non-hydrogen) atoms. The quantitative estimate of drug-likeness (QED) is 0.363. The fraction of sp³-hybridized carbons (Fsp3) is 0.231. The Bertz CT molecular complexity index is 1350. The number of hydrogen-bond acceptors (Lipinski definition) is 4. The summed E-state index contributed by atoms with van der Waals surface area (Å²) in [6.45, 7) is 4.31. The van der Waals surface area contributed by atoms with Gasteiger partial charge in [0.15, 0.2) is 0 Å². The number of nitrogens with one attached hydrogen (secondary N) is 4. The molecule has 0 radical (unpaired) electrons. The second-order valence-electron chi connectivity index (χ2n) is 8.41. The Labute approximate surface area is 191 Å². The second kappa shape index (κ2) is 8.96. The molecule has 3 heterocycles. The Balaban J connectivity index is 1.53. The minimum Gasteiger partial charge on any atom is -0.457 e. The minimum atomic E-state index is -0.290. The number of aromatic amines is 2. The van der Waals surface area contributed by atoms with Gasteiger partial charge in [-0.15, -0.1) is 0 Å². The maximum Gasteiger partial charge on any atom is 0.267 e. The minimum absolute atomic E-state index is 0.250. The molecule has 1 fully saturated rings. The Morgan fingerprint density at radius 2 is 1.88 bits per heavy atom. The Hall–Kier alpha value is -3.84. The summed E-state index contributed by atoms with van der Waals surface area (Å²) in [5, 5.41) is 7.48. The van der Waals surface area contributed by atoms with Crippen molar-refractivity contribution in [1.82, 2.24) is 20.6 Å². The topological polar surface area (TPSA) is 99.0 Å². The molecule has 2 aromatic carbocycles. The van der Waals surface area contributed by atoms with Crippen molar-refractivity contribution in [3.05, 3.63) is 82.4 Å². The molecule has 1 unspecified atom stereocenters. The summed E-state index contributed by atoms with van der Waals surface area (Å²) in [5.41, 5.74) is 2.25. The number of pyridine rings is 1. The number of carbonyl (C=O) groups excluding carboxylic acids is 1. The van der Waals surface area contributed by atoms with Crippen LogP contribution in [0, 0.1) is 12.8 Å². The number of carbonyl (C=O) groups is 1. The van der Waals surface area contributed by atoms with E-state index >= 15 is 0 Å². The molecular weight excluding hydrogens is 416 g/mol. The van der Waals surface area contributed by atoms with E-state index in [-0.39, 0.29) is 17.2 Å². The Morgan fingerprint density at radius 3 is 2.67 bits per heavy atom. The lowest BCUT2D eigenvalue weighted by molar-refractivity contribution is 0.0943. The molecule has 1 amide bonds. The fourth-order valence-corrected chi connectivity index (χ4v) is 4.38. The van der Waals surface area contributed by atoms with Crippen molar-refractivity contribution < 1.29 is 9.53 Å². The predicted molar refractivity (Wildman–Crippen MR) is 129 cm³/mol. The smallest absolute Gasteiger partial charge is 0.267 e. The molecule has 2 aromatic heterocycles. The van der Waals surface area contributed by atoms with Crippen molar-refractivity contribution in [2.45, 2.75) is 13.3 Å². The van der Waals surface area contributed by atoms with E-state index in [9.17, 15) is 9.59 Å². The van der Waals surface area contributed by atoms with Gasteiger partial charge in [0, 0.05) is 23.2 Å². The highest BCUT2D eigenvalue weighted by atomic mass is 16.5. The number of amides is 1. The average molecular weight is 443 g/mol. The summed E-state index contributed by atoms with van der Waals surface area (Å²) in [6, 6.07) is 19.0. The van der Waals surface area contributed by atoms with E-state index in [1.54, 1.807) is 6.07 Å². The van der Waals surface area contributed by atoms with Crippen LogP contribution in [0.25, 0.3) is 22.0 Å². The molecule has 1 saturated heterocycles. The van der Waals surface area contributed by atoms with Crippen molar-refractivity contribution >= 4 is 16.7 Å². The second-order valence-corrected chi connectivity index (χ2v) is 8.41. The highest BCUT2D eigenvalue weighted by Crippen LogP contribution is 2.37. The van der Waals surface area contributed by atoms with E-state index in [1.807, 2.05) is 61.5 Å². The zero-order chi connectivity index (χ0) is 22.8. The number of ether oxygens (including phenoxy) is 1. The summed E-state index contributed by atoms with van der Waals surface area (Å²) in [4.78, 5) is 31.8. The van der Waals surface area contributed by atoms with Crippen LogP contribution in [0.3, 0.4) is 0 Å². The third-order valence-electron chi connectivity index (χ3n) is 6.08. The zero-order valence-corrected chi connectivity index (χ0v) is 18.4. The first kappa shape index (κ1) is 21.0. The van der Waals surface area contributed by atoms with Crippen LogP contribution in [0.5, 0.6) is 11.5 Å². The van der Waals surface area contributed by atoms with Gasteiger partial charge in [0.1, 0.15) is 17.2 Å². The van der Waals surface area contributed by atoms with E-state index in [4.69, 9.17) is 4.74 Å². The van der Waals surface area contributed by atoms with Gasteiger partial charge in [-0.3, -0.25) is 9.59 Å². The maximum absolute atomic E-state index is 12.9. The zero-order valence-electron chi connectivity index (χ0n) is 18.4. The van der Waals surface area contributed by atoms with E-state index in [0.717, 1.165) is 42.2 Å². The molecule has 0 spiro atoms. The lowest BCUT2D eigenvalue weighted by Crippen LogP contribution is -2.31. The highest BCUT2D eigenvalue weighted by Gasteiger charge is 2.20. The van der Waals surface area contributed by atoms with Gasteiger partial charge in [-0.2, -0.15) is 0 Å². The normalized spacial score (nSPS) is 15.6. The first-order valence-electron chi connectivity index (χ1n) is 11.2. The molecule has 0 bridgehead atoms. The molecule has 4 aromatic rings. The Kier molecular flexibility index (Phi) is 5.71. The van der Waals surface area contributed by atoms with Crippen LogP contribution in [0.1, 0.15) is 22.6 Å². The summed E-state index contributed by atoms with van der Waals surface area (Å²) < 4.78 is 6.13. The Morgan fingerprint density at radius 1 is 1.09 bits per heavy atom.